The fourth-order valence-electron chi connectivity index (χ4n) is 3.15. The smallest absolute Gasteiger partial charge is 0.276 e. The summed E-state index contributed by atoms with van der Waals surface area (Å²) in [4.78, 5) is 2.51. The van der Waals surface area contributed by atoms with Crippen molar-refractivity contribution in [1.29, 1.82) is 0 Å². The van der Waals surface area contributed by atoms with E-state index >= 15 is 0 Å². The lowest BCUT2D eigenvalue weighted by atomic mass is 9.83. The third-order valence-corrected chi connectivity index (χ3v) is 5.90. The molecule has 0 unspecified atom stereocenters. The summed E-state index contributed by atoms with van der Waals surface area (Å²) in [6, 6.07) is 11.2. The maximum atomic E-state index is 12.3. The lowest BCUT2D eigenvalue weighted by Gasteiger charge is -2.24. The van der Waals surface area contributed by atoms with Crippen LogP contribution in [-0.2, 0) is 10.0 Å². The first-order chi connectivity index (χ1) is 12.3. The van der Waals surface area contributed by atoms with Crippen LogP contribution >= 0.6 is 0 Å². The minimum absolute atomic E-state index is 0.0369. The van der Waals surface area contributed by atoms with Crippen molar-refractivity contribution in [3.05, 3.63) is 53.6 Å². The Hall–Kier alpha value is -2.54. The maximum Gasteiger partial charge on any atom is 0.276 e. The van der Waals surface area contributed by atoms with E-state index in [2.05, 4.69) is 9.93 Å². The van der Waals surface area contributed by atoms with E-state index in [0.717, 1.165) is 29.7 Å². The first-order valence-electron chi connectivity index (χ1n) is 8.51. The number of aryl methyl sites for hydroxylation is 1. The average molecular weight is 374 g/mol. The number of nitrogens with zero attached hydrogens (tertiary/aromatic N) is 1. The van der Waals surface area contributed by atoms with Crippen molar-refractivity contribution >= 4 is 15.7 Å². The van der Waals surface area contributed by atoms with Crippen LogP contribution in [-0.4, -0.2) is 24.3 Å². The van der Waals surface area contributed by atoms with Crippen molar-refractivity contribution in [2.24, 2.45) is 5.10 Å². The maximum absolute atomic E-state index is 12.3. The molecule has 1 aliphatic rings. The number of hydrogen-bond donors (Lipinski definition) is 3. The van der Waals surface area contributed by atoms with Gasteiger partial charge in [-0.3, -0.25) is 0 Å². The van der Waals surface area contributed by atoms with Crippen molar-refractivity contribution in [2.75, 3.05) is 0 Å². The van der Waals surface area contributed by atoms with Crippen molar-refractivity contribution in [3.63, 3.8) is 0 Å². The van der Waals surface area contributed by atoms with Crippen molar-refractivity contribution in [2.45, 2.75) is 43.4 Å². The second kappa shape index (κ2) is 7.37. The molecule has 0 aromatic heterocycles. The number of phenols is 2. The van der Waals surface area contributed by atoms with Gasteiger partial charge in [0.1, 0.15) is 11.5 Å². The topological polar surface area (TPSA) is 99.0 Å². The minimum atomic E-state index is -3.66. The highest BCUT2D eigenvalue weighted by molar-refractivity contribution is 7.89. The molecule has 2 aromatic carbocycles. The summed E-state index contributed by atoms with van der Waals surface area (Å²) >= 11 is 0. The van der Waals surface area contributed by atoms with Gasteiger partial charge < -0.3 is 10.2 Å². The van der Waals surface area contributed by atoms with Crippen LogP contribution < -0.4 is 4.83 Å². The summed E-state index contributed by atoms with van der Waals surface area (Å²) in [6.07, 6.45) is 2.84. The van der Waals surface area contributed by atoms with Crippen LogP contribution in [0.4, 0.5) is 0 Å². The number of aromatic hydroxyl groups is 2. The highest BCUT2D eigenvalue weighted by Crippen LogP contribution is 2.37. The van der Waals surface area contributed by atoms with Crippen molar-refractivity contribution in [3.8, 4) is 11.5 Å². The van der Waals surface area contributed by atoms with Gasteiger partial charge in [-0.25, -0.2) is 4.83 Å². The summed E-state index contributed by atoms with van der Waals surface area (Å²) in [6.45, 7) is 1.90. The average Bonchev–Trinajstić information content (AvgIpc) is 2.61. The Morgan fingerprint density at radius 2 is 1.69 bits per heavy atom. The van der Waals surface area contributed by atoms with E-state index in [9.17, 15) is 18.6 Å². The van der Waals surface area contributed by atoms with E-state index in [-0.39, 0.29) is 22.3 Å². The van der Waals surface area contributed by atoms with E-state index in [4.69, 9.17) is 0 Å². The number of hydrogen-bond acceptors (Lipinski definition) is 5. The lowest BCUT2D eigenvalue weighted by molar-refractivity contribution is 0.435. The van der Waals surface area contributed by atoms with Gasteiger partial charge in [-0.15, -0.1) is 0 Å². The largest absolute Gasteiger partial charge is 0.508 e. The van der Waals surface area contributed by atoms with E-state index in [1.807, 2.05) is 6.92 Å². The molecule has 138 valence electrons. The van der Waals surface area contributed by atoms with Crippen LogP contribution in [0.5, 0.6) is 11.5 Å². The number of benzene rings is 2. The molecule has 26 heavy (non-hydrogen) atoms. The molecule has 1 aliphatic carbocycles. The molecule has 0 amide bonds. The highest BCUT2D eigenvalue weighted by atomic mass is 32.2. The molecular weight excluding hydrogens is 352 g/mol. The van der Waals surface area contributed by atoms with Crippen LogP contribution in [0.2, 0.25) is 0 Å². The second-order valence-corrected chi connectivity index (χ2v) is 8.26. The van der Waals surface area contributed by atoms with Crippen molar-refractivity contribution < 1.29 is 18.6 Å². The molecule has 1 fully saturated rings. The highest BCUT2D eigenvalue weighted by Gasteiger charge is 2.22. The summed E-state index contributed by atoms with van der Waals surface area (Å²) in [5.74, 6) is 0.300. The monoisotopic (exact) mass is 374 g/mol. The molecule has 0 radical (unpaired) electrons. The van der Waals surface area contributed by atoms with E-state index < -0.39 is 10.0 Å². The van der Waals surface area contributed by atoms with Crippen LogP contribution in [0, 0.1) is 6.92 Å². The molecule has 2 aromatic rings. The first kappa shape index (κ1) is 18.3. The zero-order valence-electron chi connectivity index (χ0n) is 14.5. The van der Waals surface area contributed by atoms with Crippen LogP contribution in [0.1, 0.15) is 42.7 Å². The number of rotatable bonds is 4. The van der Waals surface area contributed by atoms with Gasteiger partial charge in [0, 0.05) is 11.8 Å². The molecule has 3 rings (SSSR count). The molecule has 3 N–H and O–H groups in total. The number of sulfonamides is 1. The van der Waals surface area contributed by atoms with Gasteiger partial charge >= 0.3 is 0 Å². The number of phenolic OH excluding ortho intramolecular Hbond substituents is 2. The molecule has 1 saturated carbocycles. The predicted molar refractivity (Wildman–Crippen MR) is 99.9 cm³/mol. The molecule has 6 nitrogen and oxygen atoms in total. The molecular formula is C19H22N2O4S. The lowest BCUT2D eigenvalue weighted by Crippen LogP contribution is -2.22. The molecule has 0 atom stereocenters. The van der Waals surface area contributed by atoms with Crippen LogP contribution in [0.25, 0.3) is 0 Å². The van der Waals surface area contributed by atoms with Gasteiger partial charge in [0.05, 0.1) is 4.90 Å². The minimum Gasteiger partial charge on any atom is -0.508 e. The zero-order valence-corrected chi connectivity index (χ0v) is 15.3. The van der Waals surface area contributed by atoms with Gasteiger partial charge in [-0.2, -0.15) is 13.5 Å². The summed E-state index contributed by atoms with van der Waals surface area (Å²) in [5.41, 5.74) is 2.60. The van der Waals surface area contributed by atoms with E-state index in [1.165, 1.54) is 6.07 Å². The van der Waals surface area contributed by atoms with Gasteiger partial charge in [0.2, 0.25) is 0 Å². The quantitative estimate of drug-likeness (QED) is 0.714. The van der Waals surface area contributed by atoms with Crippen LogP contribution in [0.15, 0.2) is 52.5 Å². The molecule has 0 aliphatic heterocycles. The molecule has 0 heterocycles. The number of hydrazone groups is 1. The molecule has 0 spiro atoms. The van der Waals surface area contributed by atoms with Gasteiger partial charge in [0.25, 0.3) is 10.0 Å². The van der Waals surface area contributed by atoms with Gasteiger partial charge in [-0.1, -0.05) is 23.8 Å². The summed E-state index contributed by atoms with van der Waals surface area (Å²) in [5, 5.41) is 23.5. The Morgan fingerprint density at radius 1 is 1.04 bits per heavy atom. The Balaban J connectivity index is 1.63. The summed E-state index contributed by atoms with van der Waals surface area (Å²) in [7, 11) is -3.66. The Bertz CT molecular complexity index is 911. The Morgan fingerprint density at radius 3 is 2.31 bits per heavy atom. The van der Waals surface area contributed by atoms with Gasteiger partial charge in [0.15, 0.2) is 0 Å². The fraction of sp³-hybridized carbons (Fsp3) is 0.316. The van der Waals surface area contributed by atoms with E-state index in [0.29, 0.717) is 12.8 Å². The molecule has 0 bridgehead atoms. The third-order valence-electron chi connectivity index (χ3n) is 4.67. The van der Waals surface area contributed by atoms with Gasteiger partial charge in [-0.05, 0) is 62.3 Å². The molecule has 0 saturated heterocycles. The Labute approximate surface area is 153 Å². The zero-order chi connectivity index (χ0) is 18.7. The second-order valence-electron chi connectivity index (χ2n) is 6.60. The predicted octanol–water partition coefficient (Wildman–Crippen LogP) is 3.40. The first-order valence-corrected chi connectivity index (χ1v) is 9.99. The standard InChI is InChI=1S/C19H22N2O4S/c1-13-2-9-17(10-3-13)26(24,25)21-20-15-6-4-14(5-7-15)18-11-8-16(22)12-19(18)23/h2-3,8-12,14,21-23H,4-7H2,1H3. The fourth-order valence-corrected chi connectivity index (χ4v) is 3.99. The number of nitrogens with one attached hydrogen (secondary N) is 1. The van der Waals surface area contributed by atoms with E-state index in [1.54, 1.807) is 36.4 Å². The Kier molecular flexibility index (Phi) is 5.18. The normalized spacial score (nSPS) is 17.7. The van der Waals surface area contributed by atoms with Crippen LogP contribution in [0.3, 0.4) is 0 Å². The third kappa shape index (κ3) is 4.16. The SMILES string of the molecule is Cc1ccc(S(=O)(=O)NN=C2CCC(c3ccc(O)cc3O)CC2)cc1. The summed E-state index contributed by atoms with van der Waals surface area (Å²) < 4.78 is 24.5. The molecule has 7 heteroatoms. The van der Waals surface area contributed by atoms with Crippen molar-refractivity contribution in [1.82, 2.24) is 4.83 Å².